The van der Waals surface area contributed by atoms with Gasteiger partial charge >= 0.3 is 6.29 Å². The van der Waals surface area contributed by atoms with E-state index in [2.05, 4.69) is 19.8 Å². The molecule has 3 N–H and O–H groups in total. The van der Waals surface area contributed by atoms with Gasteiger partial charge in [-0.1, -0.05) is 18.2 Å². The van der Waals surface area contributed by atoms with Crippen LogP contribution in [0.25, 0.3) is 33.7 Å². The number of oxazole rings is 1. The van der Waals surface area contributed by atoms with E-state index in [1.54, 1.807) is 49.4 Å². The van der Waals surface area contributed by atoms with Gasteiger partial charge in [-0.3, -0.25) is 0 Å². The number of hydrogen-bond acceptors (Lipinski definition) is 9. The Morgan fingerprint density at radius 2 is 1.71 bits per heavy atom. The number of nitrogens with zero attached hydrogens (tertiary/aromatic N) is 1. The minimum Gasteiger partial charge on any atom is -0.440 e. The van der Waals surface area contributed by atoms with Gasteiger partial charge in [-0.2, -0.15) is 0 Å². The molecule has 218 valence electrons. The molecule has 0 fully saturated rings. The fourth-order valence-electron chi connectivity index (χ4n) is 4.26. The Bertz CT molecular complexity index is 1840. The number of aryl methyl sites for hydroxylation is 1. The first-order chi connectivity index (χ1) is 19.6. The Balaban J connectivity index is 1.63. The second kappa shape index (κ2) is 10.4. The van der Waals surface area contributed by atoms with E-state index in [9.17, 15) is 22.3 Å². The van der Waals surface area contributed by atoms with Gasteiger partial charge in [0.25, 0.3) is 0 Å². The molecule has 0 spiro atoms. The lowest BCUT2D eigenvalue weighted by molar-refractivity contribution is -0.286. The smallest absolute Gasteiger partial charge is 0.440 e. The molecule has 42 heavy (non-hydrogen) atoms. The normalized spacial score (nSPS) is 14.4. The Labute approximate surface area is 240 Å². The van der Waals surface area contributed by atoms with Crippen LogP contribution in [0.4, 0.5) is 14.5 Å². The van der Waals surface area contributed by atoms with Gasteiger partial charge in [0.05, 0.1) is 10.6 Å². The summed E-state index contributed by atoms with van der Waals surface area (Å²) in [7, 11) is -3.45. The van der Waals surface area contributed by atoms with Crippen LogP contribution >= 0.6 is 0 Å². The molecule has 1 aliphatic heterocycles. The molecular formula is C30H27F2N3O6S. The van der Waals surface area contributed by atoms with Crippen LogP contribution in [-0.4, -0.2) is 42.4 Å². The lowest BCUT2D eigenvalue weighted by Gasteiger charge is -2.16. The summed E-state index contributed by atoms with van der Waals surface area (Å²) in [5.74, 6) is 0.340. The number of fused-ring (bicyclic) bond motifs is 1. The molecule has 0 unspecified atom stereocenters. The average Bonchev–Trinajstić information content (AvgIpc) is 3.44. The molecule has 0 aliphatic carbocycles. The zero-order valence-corrected chi connectivity index (χ0v) is 23.8. The first-order valence-corrected chi connectivity index (χ1v) is 14.6. The predicted molar refractivity (Wildman–Crippen MR) is 154 cm³/mol. The van der Waals surface area contributed by atoms with Gasteiger partial charge in [-0.05, 0) is 73.5 Å². The highest BCUT2D eigenvalue weighted by Gasteiger charge is 2.43. The van der Waals surface area contributed by atoms with E-state index in [-0.39, 0.29) is 22.1 Å². The van der Waals surface area contributed by atoms with Crippen LogP contribution in [0.5, 0.6) is 11.5 Å². The second-order valence-electron chi connectivity index (χ2n) is 10.3. The Morgan fingerprint density at radius 1 is 1.02 bits per heavy atom. The fraction of sp³-hybridized carbons (Fsp3) is 0.200. The first-order valence-electron chi connectivity index (χ1n) is 12.7. The van der Waals surface area contributed by atoms with Crippen molar-refractivity contribution < 1.29 is 36.2 Å². The zero-order valence-electron chi connectivity index (χ0n) is 23.0. The summed E-state index contributed by atoms with van der Waals surface area (Å²) in [6.45, 7) is 4.63. The first kappa shape index (κ1) is 29.0. The van der Waals surface area contributed by atoms with E-state index >= 15 is 0 Å². The number of sulfone groups is 1. The molecule has 0 amide bonds. The molecular weight excluding hydrogens is 568 g/mol. The summed E-state index contributed by atoms with van der Waals surface area (Å²) in [5, 5.41) is 21.2. The van der Waals surface area contributed by atoms with E-state index in [1.807, 2.05) is 0 Å². The van der Waals surface area contributed by atoms with Crippen LogP contribution < -0.4 is 14.8 Å². The standard InChI is InChI=1S/C30H27F2N3O6S/c1-17-35-27(20-9-11-24-25(16-20)41-30(31,32)40-24)28(39-17)22-15-19(18-6-5-7-21(14-18)42(4,37)38)8-10-23(22)34-13-12-26(33)29(2,3)36/h5-16,33-34,36H,1-4H3/b13-12-,33-26?. The number of rotatable bonds is 8. The second-order valence-corrected chi connectivity index (χ2v) is 12.3. The largest absolute Gasteiger partial charge is 0.586 e. The molecule has 0 bridgehead atoms. The number of aliphatic hydroxyl groups is 1. The molecule has 2 heterocycles. The van der Waals surface area contributed by atoms with Crippen molar-refractivity contribution in [3.05, 3.63) is 78.8 Å². The quantitative estimate of drug-likeness (QED) is 0.199. The SMILES string of the molecule is Cc1nc(-c2ccc3c(c2)OC(F)(F)O3)c(-c2cc(-c3cccc(S(C)(=O)=O)c3)ccc2N/C=C\C(=N)C(C)(C)O)o1. The highest BCUT2D eigenvalue weighted by atomic mass is 32.2. The van der Waals surface area contributed by atoms with Crippen LogP contribution in [0.15, 0.2) is 82.3 Å². The molecule has 9 nitrogen and oxygen atoms in total. The van der Waals surface area contributed by atoms with Gasteiger partial charge in [0, 0.05) is 36.2 Å². The highest BCUT2D eigenvalue weighted by molar-refractivity contribution is 7.90. The zero-order chi connectivity index (χ0) is 30.4. The van der Waals surface area contributed by atoms with Crippen molar-refractivity contribution in [2.45, 2.75) is 37.6 Å². The van der Waals surface area contributed by atoms with Crippen molar-refractivity contribution in [1.82, 2.24) is 4.98 Å². The minimum absolute atomic E-state index is 0.0286. The molecule has 12 heteroatoms. The van der Waals surface area contributed by atoms with Crippen LogP contribution in [-0.2, 0) is 9.84 Å². The Kier molecular flexibility index (Phi) is 7.15. The van der Waals surface area contributed by atoms with E-state index in [1.165, 1.54) is 44.3 Å². The van der Waals surface area contributed by atoms with Crippen molar-refractivity contribution in [1.29, 1.82) is 5.41 Å². The van der Waals surface area contributed by atoms with Crippen molar-refractivity contribution in [2.24, 2.45) is 0 Å². The molecule has 1 aliphatic rings. The maximum atomic E-state index is 13.7. The third-order valence-electron chi connectivity index (χ3n) is 6.42. The summed E-state index contributed by atoms with van der Waals surface area (Å²) in [6.07, 6.45) is 0.262. The monoisotopic (exact) mass is 595 g/mol. The van der Waals surface area contributed by atoms with Crippen molar-refractivity contribution in [2.75, 3.05) is 11.6 Å². The number of nitrogens with one attached hydrogen (secondary N) is 2. The number of aromatic nitrogens is 1. The molecule has 3 aromatic carbocycles. The molecule has 0 radical (unpaired) electrons. The topological polar surface area (TPSA) is 135 Å². The molecule has 4 aromatic rings. The maximum Gasteiger partial charge on any atom is 0.586 e. The molecule has 0 saturated heterocycles. The van der Waals surface area contributed by atoms with Crippen molar-refractivity contribution in [3.8, 4) is 45.2 Å². The van der Waals surface area contributed by atoms with E-state index < -0.39 is 21.7 Å². The maximum absolute atomic E-state index is 13.7. The summed E-state index contributed by atoms with van der Waals surface area (Å²) in [5.41, 5.74) is 1.73. The summed E-state index contributed by atoms with van der Waals surface area (Å²) < 4.78 is 66.9. The summed E-state index contributed by atoms with van der Waals surface area (Å²) in [4.78, 5) is 4.66. The number of benzene rings is 3. The van der Waals surface area contributed by atoms with Crippen LogP contribution in [0, 0.1) is 12.3 Å². The van der Waals surface area contributed by atoms with E-state index in [0.29, 0.717) is 45.3 Å². The fourth-order valence-corrected chi connectivity index (χ4v) is 4.93. The van der Waals surface area contributed by atoms with Gasteiger partial charge in [-0.15, -0.1) is 8.78 Å². The minimum atomic E-state index is -3.78. The van der Waals surface area contributed by atoms with Gasteiger partial charge < -0.3 is 29.7 Å². The predicted octanol–water partition coefficient (Wildman–Crippen LogP) is 6.43. The highest BCUT2D eigenvalue weighted by Crippen LogP contribution is 2.45. The number of alkyl halides is 2. The third-order valence-corrected chi connectivity index (χ3v) is 7.53. The van der Waals surface area contributed by atoms with Crippen LogP contribution in [0.1, 0.15) is 19.7 Å². The van der Waals surface area contributed by atoms with Gasteiger partial charge in [0.15, 0.2) is 33.0 Å². The van der Waals surface area contributed by atoms with Gasteiger partial charge in [0.2, 0.25) is 0 Å². The lowest BCUT2D eigenvalue weighted by Crippen LogP contribution is -2.28. The van der Waals surface area contributed by atoms with Crippen molar-refractivity contribution in [3.63, 3.8) is 0 Å². The third kappa shape index (κ3) is 6.04. The van der Waals surface area contributed by atoms with Gasteiger partial charge in [-0.25, -0.2) is 13.4 Å². The average molecular weight is 596 g/mol. The molecule has 1 aromatic heterocycles. The summed E-state index contributed by atoms with van der Waals surface area (Å²) >= 11 is 0. The van der Waals surface area contributed by atoms with Crippen LogP contribution in [0.2, 0.25) is 0 Å². The van der Waals surface area contributed by atoms with Crippen LogP contribution in [0.3, 0.4) is 0 Å². The lowest BCUT2D eigenvalue weighted by atomic mass is 9.98. The molecule has 5 rings (SSSR count). The number of hydrogen-bond donors (Lipinski definition) is 3. The number of anilines is 1. The van der Waals surface area contributed by atoms with E-state index in [0.717, 1.165) is 6.26 Å². The number of halogens is 2. The Hall–Kier alpha value is -4.55. The van der Waals surface area contributed by atoms with Gasteiger partial charge in [0.1, 0.15) is 11.3 Å². The Morgan fingerprint density at radius 3 is 2.43 bits per heavy atom. The van der Waals surface area contributed by atoms with E-state index in [4.69, 9.17) is 9.83 Å². The molecule has 0 atom stereocenters. The molecule has 0 saturated carbocycles. The van der Waals surface area contributed by atoms with Crippen molar-refractivity contribution >= 4 is 21.2 Å². The summed E-state index contributed by atoms with van der Waals surface area (Å²) in [6, 6.07) is 16.1. The number of ether oxygens (including phenoxy) is 2.